The minimum Gasteiger partial charge on any atom is -0.461 e. The van der Waals surface area contributed by atoms with Crippen LogP contribution in [0.1, 0.15) is 33.3 Å². The summed E-state index contributed by atoms with van der Waals surface area (Å²) >= 11 is 1.07. The first-order chi connectivity index (χ1) is 9.13. The molecular formula is C12H16N2O4S. The van der Waals surface area contributed by atoms with Gasteiger partial charge in [0.2, 0.25) is 5.01 Å². The van der Waals surface area contributed by atoms with Crippen LogP contribution in [0.5, 0.6) is 0 Å². The molecule has 0 bridgehead atoms. The number of thiazole rings is 1. The van der Waals surface area contributed by atoms with E-state index in [-0.39, 0.29) is 17.0 Å². The largest absolute Gasteiger partial charge is 0.461 e. The fraction of sp³-hybridized carbons (Fsp3) is 0.583. The molecule has 1 unspecified atom stereocenters. The number of hydrogen-bond donors (Lipinski definition) is 0. The summed E-state index contributed by atoms with van der Waals surface area (Å²) < 4.78 is 10.1. The van der Waals surface area contributed by atoms with Crippen LogP contribution in [-0.4, -0.2) is 54.2 Å². The summed E-state index contributed by atoms with van der Waals surface area (Å²) in [6.45, 7) is 5.60. The molecule has 0 N–H and O–H groups in total. The number of hydrogen-bond acceptors (Lipinski definition) is 6. The molecule has 0 saturated carbocycles. The molecule has 0 spiro atoms. The molecule has 1 saturated heterocycles. The number of esters is 1. The Bertz CT molecular complexity index is 474. The van der Waals surface area contributed by atoms with Crippen molar-refractivity contribution in [3.05, 3.63) is 16.1 Å². The van der Waals surface area contributed by atoms with Crippen molar-refractivity contribution in [3.8, 4) is 0 Å². The van der Waals surface area contributed by atoms with Crippen molar-refractivity contribution in [2.24, 2.45) is 0 Å². The molecule has 2 heterocycles. The summed E-state index contributed by atoms with van der Waals surface area (Å²) in [6, 6.07) is 0.0365. The van der Waals surface area contributed by atoms with Gasteiger partial charge in [-0.15, -0.1) is 11.3 Å². The Hall–Kier alpha value is -1.47. The fourth-order valence-corrected chi connectivity index (χ4v) is 2.60. The van der Waals surface area contributed by atoms with Gasteiger partial charge < -0.3 is 14.4 Å². The molecular weight excluding hydrogens is 268 g/mol. The minimum atomic E-state index is -0.485. The number of rotatable bonds is 3. The van der Waals surface area contributed by atoms with E-state index < -0.39 is 5.97 Å². The van der Waals surface area contributed by atoms with Crippen LogP contribution >= 0.6 is 11.3 Å². The van der Waals surface area contributed by atoms with Gasteiger partial charge >= 0.3 is 5.97 Å². The quantitative estimate of drug-likeness (QED) is 0.780. The third-order valence-corrected chi connectivity index (χ3v) is 3.76. The lowest BCUT2D eigenvalue weighted by Crippen LogP contribution is -2.46. The van der Waals surface area contributed by atoms with Gasteiger partial charge in [-0.3, -0.25) is 4.79 Å². The summed E-state index contributed by atoms with van der Waals surface area (Å²) in [5, 5.41) is 0.214. The highest BCUT2D eigenvalue weighted by atomic mass is 32.1. The number of carbonyl (C=O) groups is 2. The molecule has 1 aromatic heterocycles. The number of ether oxygens (including phenoxy) is 2. The molecule has 1 atom stereocenters. The van der Waals surface area contributed by atoms with Crippen molar-refractivity contribution < 1.29 is 19.1 Å². The average Bonchev–Trinajstić information content (AvgIpc) is 2.88. The predicted molar refractivity (Wildman–Crippen MR) is 69.4 cm³/mol. The van der Waals surface area contributed by atoms with E-state index in [1.807, 2.05) is 6.92 Å². The second-order valence-electron chi connectivity index (χ2n) is 4.17. The highest BCUT2D eigenvalue weighted by Crippen LogP contribution is 2.18. The smallest absolute Gasteiger partial charge is 0.367 e. The first kappa shape index (κ1) is 14.0. The standard InChI is InChI=1S/C12H16N2O4S/c1-3-18-12(16)10-13-6-9(19-10)11(15)14-4-5-17-7-8(14)2/h6,8H,3-5,7H2,1-2H3. The van der Waals surface area contributed by atoms with Gasteiger partial charge in [-0.05, 0) is 13.8 Å². The maximum absolute atomic E-state index is 12.3. The Balaban J connectivity index is 2.09. The van der Waals surface area contributed by atoms with Gasteiger partial charge in [0.1, 0.15) is 4.88 Å². The summed E-state index contributed by atoms with van der Waals surface area (Å²) in [5.74, 6) is -0.592. The first-order valence-corrected chi connectivity index (χ1v) is 6.96. The first-order valence-electron chi connectivity index (χ1n) is 6.15. The summed E-state index contributed by atoms with van der Waals surface area (Å²) in [4.78, 5) is 29.9. The number of morpholine rings is 1. The molecule has 0 aromatic carbocycles. The molecule has 6 nitrogen and oxygen atoms in total. The zero-order valence-electron chi connectivity index (χ0n) is 10.9. The van der Waals surface area contributed by atoms with Gasteiger partial charge in [0.25, 0.3) is 5.91 Å². The van der Waals surface area contributed by atoms with Crippen LogP contribution in [0.2, 0.25) is 0 Å². The van der Waals surface area contributed by atoms with E-state index in [4.69, 9.17) is 9.47 Å². The van der Waals surface area contributed by atoms with Gasteiger partial charge in [-0.25, -0.2) is 9.78 Å². The molecule has 2 rings (SSSR count). The molecule has 7 heteroatoms. The number of carbonyl (C=O) groups excluding carboxylic acids is 2. The topological polar surface area (TPSA) is 68.7 Å². The van der Waals surface area contributed by atoms with Gasteiger partial charge in [0, 0.05) is 6.54 Å². The second kappa shape index (κ2) is 6.12. The molecule has 1 aliphatic heterocycles. The lowest BCUT2D eigenvalue weighted by Gasteiger charge is -2.32. The molecule has 0 radical (unpaired) electrons. The number of aromatic nitrogens is 1. The van der Waals surface area contributed by atoms with Gasteiger partial charge in [0.15, 0.2) is 0 Å². The maximum Gasteiger partial charge on any atom is 0.367 e. The van der Waals surface area contributed by atoms with Crippen molar-refractivity contribution in [1.29, 1.82) is 0 Å². The Kier molecular flexibility index (Phi) is 4.49. The Morgan fingerprint density at radius 1 is 1.63 bits per heavy atom. The molecule has 1 aliphatic rings. The van der Waals surface area contributed by atoms with Crippen molar-refractivity contribution in [3.63, 3.8) is 0 Å². The van der Waals surface area contributed by atoms with Crippen LogP contribution in [0.4, 0.5) is 0 Å². The molecule has 19 heavy (non-hydrogen) atoms. The minimum absolute atomic E-state index is 0.0365. The average molecular weight is 284 g/mol. The summed E-state index contributed by atoms with van der Waals surface area (Å²) in [7, 11) is 0. The summed E-state index contributed by atoms with van der Waals surface area (Å²) in [5.41, 5.74) is 0. The lowest BCUT2D eigenvalue weighted by atomic mass is 10.2. The third kappa shape index (κ3) is 3.10. The molecule has 1 aromatic rings. The van der Waals surface area contributed by atoms with E-state index in [1.54, 1.807) is 11.8 Å². The van der Waals surface area contributed by atoms with Crippen LogP contribution in [0.25, 0.3) is 0 Å². The third-order valence-electron chi connectivity index (χ3n) is 2.80. The zero-order chi connectivity index (χ0) is 13.8. The molecule has 104 valence electrons. The van der Waals surface area contributed by atoms with E-state index >= 15 is 0 Å². The van der Waals surface area contributed by atoms with Crippen molar-refractivity contribution in [2.75, 3.05) is 26.4 Å². The highest BCUT2D eigenvalue weighted by Gasteiger charge is 2.27. The van der Waals surface area contributed by atoms with Crippen LogP contribution in [0, 0.1) is 0 Å². The lowest BCUT2D eigenvalue weighted by molar-refractivity contribution is 0.00385. The maximum atomic E-state index is 12.3. The van der Waals surface area contributed by atoms with Crippen molar-refractivity contribution in [2.45, 2.75) is 19.9 Å². The fourth-order valence-electron chi connectivity index (χ4n) is 1.83. The molecule has 1 amide bonds. The van der Waals surface area contributed by atoms with Crippen molar-refractivity contribution >= 4 is 23.2 Å². The van der Waals surface area contributed by atoms with Crippen LogP contribution in [-0.2, 0) is 9.47 Å². The monoisotopic (exact) mass is 284 g/mol. The highest BCUT2D eigenvalue weighted by molar-refractivity contribution is 7.15. The van der Waals surface area contributed by atoms with E-state index in [9.17, 15) is 9.59 Å². The van der Waals surface area contributed by atoms with E-state index in [0.717, 1.165) is 11.3 Å². The molecule has 1 fully saturated rings. The predicted octanol–water partition coefficient (Wildman–Crippen LogP) is 1.18. The number of amides is 1. The van der Waals surface area contributed by atoms with Crippen molar-refractivity contribution in [1.82, 2.24) is 9.88 Å². The Morgan fingerprint density at radius 3 is 3.11 bits per heavy atom. The number of nitrogens with zero attached hydrogens (tertiary/aromatic N) is 2. The van der Waals surface area contributed by atoms with E-state index in [1.165, 1.54) is 6.20 Å². The molecule has 0 aliphatic carbocycles. The SMILES string of the molecule is CCOC(=O)c1ncc(C(=O)N2CCOCC2C)s1. The van der Waals surface area contributed by atoms with Crippen LogP contribution < -0.4 is 0 Å². The second-order valence-corrected chi connectivity index (χ2v) is 5.20. The van der Waals surface area contributed by atoms with E-state index in [0.29, 0.717) is 31.2 Å². The van der Waals surface area contributed by atoms with Gasteiger partial charge in [0.05, 0.1) is 32.1 Å². The van der Waals surface area contributed by atoms with Crippen LogP contribution in [0.3, 0.4) is 0 Å². The Labute approximate surface area is 115 Å². The van der Waals surface area contributed by atoms with Gasteiger partial charge in [-0.1, -0.05) is 0 Å². The normalized spacial score (nSPS) is 19.3. The van der Waals surface area contributed by atoms with Crippen LogP contribution in [0.15, 0.2) is 6.20 Å². The van der Waals surface area contributed by atoms with Gasteiger partial charge in [-0.2, -0.15) is 0 Å². The summed E-state index contributed by atoms with van der Waals surface area (Å²) in [6.07, 6.45) is 1.43. The Morgan fingerprint density at radius 2 is 2.42 bits per heavy atom. The zero-order valence-corrected chi connectivity index (χ0v) is 11.7. The van der Waals surface area contributed by atoms with E-state index in [2.05, 4.69) is 4.98 Å².